The number of hydrogen-bond donors (Lipinski definition) is 6. The second-order valence-corrected chi connectivity index (χ2v) is 20.2. The van der Waals surface area contributed by atoms with Crippen LogP contribution >= 0.6 is 15.6 Å². The molecule has 2 rings (SSSR count). The van der Waals surface area contributed by atoms with Gasteiger partial charge in [0.25, 0.3) is 0 Å². The third-order valence-corrected chi connectivity index (χ3v) is 13.4. The molecule has 1 saturated heterocycles. The summed E-state index contributed by atoms with van der Waals surface area (Å²) < 4.78 is 56.6. The lowest BCUT2D eigenvalue weighted by atomic mass is 10.1. The van der Waals surface area contributed by atoms with Gasteiger partial charge >= 0.3 is 33.3 Å². The van der Waals surface area contributed by atoms with Gasteiger partial charge in [-0.3, -0.25) is 23.2 Å². The fourth-order valence-corrected chi connectivity index (χ4v) is 9.00. The molecule has 0 aliphatic carbocycles. The first kappa shape index (κ1) is 63.3. The lowest BCUT2D eigenvalue weighted by Crippen LogP contribution is -2.36. The van der Waals surface area contributed by atoms with Crippen molar-refractivity contribution < 1.29 is 71.4 Å². The van der Waals surface area contributed by atoms with Gasteiger partial charge in [-0.2, -0.15) is 9.29 Å². The molecule has 0 radical (unpaired) electrons. The summed E-state index contributed by atoms with van der Waals surface area (Å²) in [7, 11) is -10.9. The minimum atomic E-state index is -5.45. The van der Waals surface area contributed by atoms with Crippen molar-refractivity contribution in [2.45, 2.75) is 185 Å². The zero-order valence-electron chi connectivity index (χ0n) is 41.6. The molecule has 0 spiro atoms. The Kier molecular flexibility index (Phi) is 33.7. The minimum Gasteiger partial charge on any atom is -0.462 e. The van der Waals surface area contributed by atoms with Gasteiger partial charge in [0.15, 0.2) is 12.3 Å². The van der Waals surface area contributed by atoms with E-state index in [0.29, 0.717) is 32.1 Å². The van der Waals surface area contributed by atoms with E-state index in [-0.39, 0.29) is 18.7 Å². The number of ether oxygens (including phenoxy) is 3. The topological polar surface area (TPSA) is 286 Å². The van der Waals surface area contributed by atoms with E-state index in [9.17, 15) is 48.6 Å². The Balaban J connectivity index is 1.86. The van der Waals surface area contributed by atoms with Crippen LogP contribution < -0.4 is 11.4 Å². The lowest BCUT2D eigenvalue weighted by Gasteiger charge is -2.21. The van der Waals surface area contributed by atoms with Crippen molar-refractivity contribution in [1.82, 2.24) is 9.55 Å². The number of phosphoric ester groups is 2. The molecule has 1 aromatic rings. The molecule has 8 atom stereocenters. The van der Waals surface area contributed by atoms with E-state index in [1.54, 1.807) is 12.2 Å². The summed E-state index contributed by atoms with van der Waals surface area (Å²) in [6, 6.07) is 1.24. The number of nitrogens with two attached hydrogens (primary N) is 1. The predicted molar refractivity (Wildman–Crippen MR) is 271 cm³/mol. The summed E-state index contributed by atoms with van der Waals surface area (Å²) >= 11 is 0. The van der Waals surface area contributed by atoms with Crippen LogP contribution in [0.4, 0.5) is 5.82 Å². The van der Waals surface area contributed by atoms with E-state index in [0.717, 1.165) is 68.6 Å². The first-order valence-electron chi connectivity index (χ1n) is 25.1. The van der Waals surface area contributed by atoms with Crippen molar-refractivity contribution in [2.24, 2.45) is 0 Å². The summed E-state index contributed by atoms with van der Waals surface area (Å²) in [5.74, 6) is -1.43. The number of carbonyl (C=O) groups is 2. The molecule has 1 aromatic heterocycles. The van der Waals surface area contributed by atoms with Gasteiger partial charge in [-0.25, -0.2) is 13.9 Å². The van der Waals surface area contributed by atoms with Crippen molar-refractivity contribution in [2.75, 3.05) is 25.6 Å². The average molecular weight is 1040 g/mol. The molecule has 7 N–H and O–H groups in total. The summed E-state index contributed by atoms with van der Waals surface area (Å²) in [5, 5.41) is 31.0. The second kappa shape index (κ2) is 37.8. The Morgan fingerprint density at radius 1 is 0.746 bits per heavy atom. The molecule has 1 fully saturated rings. The molecular formula is C50H81N3O16P2. The summed E-state index contributed by atoms with van der Waals surface area (Å²) in [5.41, 5.74) is 4.57. The zero-order chi connectivity index (χ0) is 52.2. The number of unbranched alkanes of at least 4 members (excludes halogenated alkanes) is 12. The number of aliphatic hydroxyl groups excluding tert-OH is 3. The number of allylic oxidation sites excluding steroid dienone is 10. The van der Waals surface area contributed by atoms with Crippen LogP contribution in [-0.2, 0) is 46.3 Å². The van der Waals surface area contributed by atoms with Crippen LogP contribution in [0.2, 0.25) is 0 Å². The Bertz CT molecular complexity index is 1990. The Hall–Kier alpha value is -3.84. The molecule has 0 bridgehead atoms. The zero-order valence-corrected chi connectivity index (χ0v) is 43.4. The third kappa shape index (κ3) is 30.7. The fraction of sp³-hybridized carbons (Fsp3) is 0.640. The van der Waals surface area contributed by atoms with Gasteiger partial charge in [-0.1, -0.05) is 132 Å². The van der Waals surface area contributed by atoms with Crippen LogP contribution in [0.5, 0.6) is 0 Å². The van der Waals surface area contributed by atoms with Crippen molar-refractivity contribution >= 4 is 33.4 Å². The third-order valence-electron chi connectivity index (χ3n) is 10.8. The molecule has 21 heteroatoms. The van der Waals surface area contributed by atoms with E-state index in [2.05, 4.69) is 53.5 Å². The first-order valence-corrected chi connectivity index (χ1v) is 28.0. The number of anilines is 1. The molecule has 0 saturated carbocycles. The van der Waals surface area contributed by atoms with E-state index in [1.807, 2.05) is 30.4 Å². The van der Waals surface area contributed by atoms with E-state index < -0.39 is 89.8 Å². The molecule has 71 heavy (non-hydrogen) atoms. The molecule has 0 amide bonds. The van der Waals surface area contributed by atoms with Crippen LogP contribution in [0.3, 0.4) is 0 Å². The van der Waals surface area contributed by atoms with Gasteiger partial charge in [0, 0.05) is 19.0 Å². The normalized spacial score (nSPS) is 20.2. The van der Waals surface area contributed by atoms with Crippen molar-refractivity contribution in [1.29, 1.82) is 0 Å². The van der Waals surface area contributed by atoms with Gasteiger partial charge in [-0.05, 0) is 83.1 Å². The maximum atomic E-state index is 12.8. The van der Waals surface area contributed by atoms with Crippen LogP contribution in [0, 0.1) is 0 Å². The highest BCUT2D eigenvalue weighted by molar-refractivity contribution is 7.61. The van der Waals surface area contributed by atoms with Crippen LogP contribution in [0.1, 0.15) is 155 Å². The molecule has 1 aliphatic heterocycles. The Morgan fingerprint density at radius 3 is 1.99 bits per heavy atom. The summed E-state index contributed by atoms with van der Waals surface area (Å²) in [6.07, 6.45) is 34.4. The Labute approximate surface area is 419 Å². The Morgan fingerprint density at radius 2 is 1.32 bits per heavy atom. The molecule has 19 nitrogen and oxygen atoms in total. The highest BCUT2D eigenvalue weighted by Crippen LogP contribution is 2.60. The van der Waals surface area contributed by atoms with Gasteiger partial charge in [0.2, 0.25) is 0 Å². The number of aliphatic hydroxyl groups is 3. The predicted octanol–water partition coefficient (Wildman–Crippen LogP) is 9.08. The quantitative estimate of drug-likeness (QED) is 0.0117. The molecule has 402 valence electrons. The number of hydrogen-bond acceptors (Lipinski definition) is 16. The summed E-state index contributed by atoms with van der Waals surface area (Å²) in [6.45, 7) is 1.94. The van der Waals surface area contributed by atoms with Crippen LogP contribution in [0.25, 0.3) is 0 Å². The van der Waals surface area contributed by atoms with Crippen molar-refractivity contribution in [3.63, 3.8) is 0 Å². The van der Waals surface area contributed by atoms with Crippen molar-refractivity contribution in [3.05, 3.63) is 95.7 Å². The number of phosphoric acid groups is 2. The lowest BCUT2D eigenvalue weighted by molar-refractivity contribution is -0.161. The maximum absolute atomic E-state index is 12.8. The largest absolute Gasteiger partial charge is 0.481 e. The smallest absolute Gasteiger partial charge is 0.462 e. The molecule has 2 unspecified atom stereocenters. The molecule has 0 aromatic carbocycles. The SMILES string of the molecule is CCCCC/C=C\C/C=C\CCCCCCCC(=O)OC[C@H](COP(=O)(O)OP(=O)(O)OC[C@H]1O[C@@H](n2ccc(N)nc2=O)[C@H](O)[C@@H]1O)OC(=O)CCC/C=C\C/C=C\C=C\[C@@H](O)C/C=C\CCCCC. The monoisotopic (exact) mass is 1040 g/mol. The fourth-order valence-electron chi connectivity index (χ4n) is 6.89. The summed E-state index contributed by atoms with van der Waals surface area (Å²) in [4.78, 5) is 61.8. The highest BCUT2D eigenvalue weighted by atomic mass is 31.3. The minimum absolute atomic E-state index is 0.0641. The molecule has 2 heterocycles. The van der Waals surface area contributed by atoms with Crippen molar-refractivity contribution in [3.8, 4) is 0 Å². The maximum Gasteiger partial charge on any atom is 0.481 e. The standard InChI is InChI=1S/C50H81N3O16P2/c1-3-5-7-9-11-12-13-14-15-16-17-18-22-26-30-34-45(55)64-38-42(67-46(56)35-31-27-23-20-19-21-25-29-33-41(54)32-28-24-10-8-6-4-2)39-65-70(60,61)69-71(62,63)66-40-43-47(57)48(58)49(68-43)53-37-36-44(51)52-50(53)59/h11-12,14-15,20-21,23-25,28-29,33,36-37,41-43,47-49,54,57-58H,3-10,13,16-19,22,26-27,30-32,34-35,38-40H2,1-2H3,(H,60,61)(H,62,63)(H2,51,52,59)/b12-11-,15-14-,23-20-,25-21-,28-24-,33-29+/t41-,42+,43+,47+,48+,49+/m0/s1. The van der Waals surface area contributed by atoms with E-state index in [1.165, 1.54) is 38.2 Å². The number of esters is 2. The van der Waals surface area contributed by atoms with Gasteiger partial charge in [0.1, 0.15) is 30.7 Å². The number of carbonyl (C=O) groups excluding carboxylic acids is 2. The van der Waals surface area contributed by atoms with Gasteiger partial charge < -0.3 is 45.1 Å². The molecule has 1 aliphatic rings. The van der Waals surface area contributed by atoms with E-state index in [4.69, 9.17) is 29.0 Å². The number of nitrogens with zero attached hydrogens (tertiary/aromatic N) is 2. The number of aromatic nitrogens is 2. The highest BCUT2D eigenvalue weighted by Gasteiger charge is 2.46. The average Bonchev–Trinajstić information content (AvgIpc) is 3.60. The van der Waals surface area contributed by atoms with Gasteiger partial charge in [-0.15, -0.1) is 0 Å². The van der Waals surface area contributed by atoms with Crippen LogP contribution in [-0.4, -0.2) is 96.9 Å². The van der Waals surface area contributed by atoms with E-state index >= 15 is 0 Å². The van der Waals surface area contributed by atoms with Gasteiger partial charge in [0.05, 0.1) is 19.3 Å². The number of nitrogen functional groups attached to an aromatic ring is 1. The first-order chi connectivity index (χ1) is 34.1. The molecular weight excluding hydrogens is 961 g/mol. The second-order valence-electron chi connectivity index (χ2n) is 17.2. The van der Waals surface area contributed by atoms with Crippen LogP contribution in [0.15, 0.2) is 90.0 Å². The number of rotatable bonds is 40.